The first kappa shape index (κ1) is 23.1. The number of rotatable bonds is 5. The van der Waals surface area contributed by atoms with Gasteiger partial charge in [-0.1, -0.05) is 6.07 Å². The molecule has 0 fully saturated rings. The van der Waals surface area contributed by atoms with Gasteiger partial charge in [0.2, 0.25) is 0 Å². The highest BCUT2D eigenvalue weighted by molar-refractivity contribution is 7.86. The highest BCUT2D eigenvalue weighted by atomic mass is 32.2. The Bertz CT molecular complexity index is 1390. The molecule has 2 aromatic carbocycles. The van der Waals surface area contributed by atoms with Crippen molar-refractivity contribution >= 4 is 32.1 Å². The predicted molar refractivity (Wildman–Crippen MR) is 120 cm³/mol. The molecule has 33 heavy (non-hydrogen) atoms. The Morgan fingerprint density at radius 1 is 1.00 bits per heavy atom. The molecule has 2 aromatic rings. The number of ether oxygens (including phenoxy) is 2. The first-order valence-corrected chi connectivity index (χ1v) is 13.5. The van der Waals surface area contributed by atoms with Crippen LogP contribution in [0, 0.1) is 0 Å². The van der Waals surface area contributed by atoms with Gasteiger partial charge in [0.15, 0.2) is 5.78 Å². The fourth-order valence-corrected chi connectivity index (χ4v) is 4.63. The van der Waals surface area contributed by atoms with E-state index in [9.17, 15) is 21.6 Å². The van der Waals surface area contributed by atoms with Gasteiger partial charge in [-0.2, -0.15) is 16.8 Å². The minimum absolute atomic E-state index is 0.0775. The fraction of sp³-hybridized carbons (Fsp3) is 0.318. The van der Waals surface area contributed by atoms with E-state index in [1.807, 2.05) is 26.0 Å². The van der Waals surface area contributed by atoms with E-state index < -0.39 is 31.8 Å². The maximum Gasteiger partial charge on any atom is 0.306 e. The van der Waals surface area contributed by atoms with Crippen LogP contribution in [0.5, 0.6) is 23.0 Å². The molecule has 1 atom stereocenters. The zero-order valence-electron chi connectivity index (χ0n) is 18.3. The van der Waals surface area contributed by atoms with Crippen molar-refractivity contribution in [3.8, 4) is 23.0 Å². The van der Waals surface area contributed by atoms with Crippen molar-refractivity contribution in [1.29, 1.82) is 0 Å². The van der Waals surface area contributed by atoms with Gasteiger partial charge >= 0.3 is 20.2 Å². The molecule has 0 saturated heterocycles. The highest BCUT2D eigenvalue weighted by Crippen LogP contribution is 2.44. The van der Waals surface area contributed by atoms with E-state index in [0.717, 1.165) is 18.6 Å². The van der Waals surface area contributed by atoms with Gasteiger partial charge in [-0.3, -0.25) is 4.79 Å². The van der Waals surface area contributed by atoms with Crippen LogP contribution in [0.1, 0.15) is 41.3 Å². The summed E-state index contributed by atoms with van der Waals surface area (Å²) in [6, 6.07) is 7.13. The maximum atomic E-state index is 13.4. The highest BCUT2D eigenvalue weighted by Gasteiger charge is 2.36. The lowest BCUT2D eigenvalue weighted by Crippen LogP contribution is -2.30. The molecule has 0 aromatic heterocycles. The number of carbonyl (C=O) groups is 1. The molecule has 0 radical (unpaired) electrons. The van der Waals surface area contributed by atoms with Crippen LogP contribution in [0.25, 0.3) is 6.08 Å². The summed E-state index contributed by atoms with van der Waals surface area (Å²) in [4.78, 5) is 13.4. The van der Waals surface area contributed by atoms with Crippen molar-refractivity contribution < 1.29 is 39.5 Å². The monoisotopic (exact) mass is 494 g/mol. The third-order valence-corrected chi connectivity index (χ3v) is 5.98. The zero-order valence-corrected chi connectivity index (χ0v) is 19.9. The van der Waals surface area contributed by atoms with Crippen LogP contribution in [0.3, 0.4) is 0 Å². The van der Waals surface area contributed by atoms with Crippen LogP contribution in [-0.2, 0) is 20.2 Å². The molecule has 0 bridgehead atoms. The van der Waals surface area contributed by atoms with E-state index in [2.05, 4.69) is 0 Å². The molecule has 11 heteroatoms. The second kappa shape index (κ2) is 7.77. The van der Waals surface area contributed by atoms with Gasteiger partial charge in [-0.25, -0.2) is 0 Å². The SMILES string of the molecule is CC1(C)C=Cc2c(ccc3c2OCC(c2ccc(OS(C)(=O)=O)cc2OS(C)(=O)=O)C3=O)O1. The maximum absolute atomic E-state index is 13.4. The number of ketones is 1. The van der Waals surface area contributed by atoms with E-state index in [-0.39, 0.29) is 29.5 Å². The molecule has 4 rings (SSSR count). The second-order valence-electron chi connectivity index (χ2n) is 8.40. The largest absolute Gasteiger partial charge is 0.491 e. The van der Waals surface area contributed by atoms with E-state index in [4.69, 9.17) is 17.8 Å². The zero-order chi connectivity index (χ0) is 24.2. The summed E-state index contributed by atoms with van der Waals surface area (Å²) in [5, 5.41) is 0. The Morgan fingerprint density at radius 3 is 2.36 bits per heavy atom. The smallest absolute Gasteiger partial charge is 0.306 e. The normalized spacial score (nSPS) is 19.0. The lowest BCUT2D eigenvalue weighted by Gasteiger charge is -2.32. The molecule has 1 unspecified atom stereocenters. The fourth-order valence-electron chi connectivity index (χ4n) is 3.70. The second-order valence-corrected chi connectivity index (χ2v) is 11.5. The molecule has 0 spiro atoms. The van der Waals surface area contributed by atoms with Crippen molar-refractivity contribution in [1.82, 2.24) is 0 Å². The lowest BCUT2D eigenvalue weighted by atomic mass is 9.86. The summed E-state index contributed by atoms with van der Waals surface area (Å²) < 4.78 is 68.3. The van der Waals surface area contributed by atoms with Gasteiger partial charge < -0.3 is 17.8 Å². The van der Waals surface area contributed by atoms with Crippen molar-refractivity contribution in [2.45, 2.75) is 25.4 Å². The Labute approximate surface area is 192 Å². The van der Waals surface area contributed by atoms with Crippen LogP contribution >= 0.6 is 0 Å². The molecule has 2 heterocycles. The molecule has 0 N–H and O–H groups in total. The molecule has 0 aliphatic carbocycles. The van der Waals surface area contributed by atoms with Gasteiger partial charge in [0.05, 0.1) is 29.6 Å². The molecule has 2 aliphatic rings. The van der Waals surface area contributed by atoms with Gasteiger partial charge in [0, 0.05) is 11.6 Å². The third-order valence-electron chi connectivity index (χ3n) is 5.01. The quantitative estimate of drug-likeness (QED) is 0.577. The van der Waals surface area contributed by atoms with Crippen molar-refractivity contribution in [3.05, 3.63) is 53.1 Å². The Hall–Kier alpha value is -3.05. The van der Waals surface area contributed by atoms with Gasteiger partial charge in [0.25, 0.3) is 0 Å². The van der Waals surface area contributed by atoms with Gasteiger partial charge in [-0.15, -0.1) is 0 Å². The van der Waals surface area contributed by atoms with Crippen LogP contribution in [0.2, 0.25) is 0 Å². The summed E-state index contributed by atoms with van der Waals surface area (Å²) >= 11 is 0. The lowest BCUT2D eigenvalue weighted by molar-refractivity contribution is 0.0893. The molecular formula is C22H22O9S2. The number of carbonyl (C=O) groups excluding carboxylic acids is 1. The Morgan fingerprint density at radius 2 is 1.70 bits per heavy atom. The summed E-state index contributed by atoms with van der Waals surface area (Å²) in [5.74, 6) is -0.564. The standard InChI is InChI=1S/C22H22O9S2/c1-22(2)10-9-15-18(29-22)8-7-16-20(23)17(12-28-21(15)16)14-6-5-13(30-32(3,24)25)11-19(14)31-33(4,26)27/h5-11,17H,12H2,1-4H3. The van der Waals surface area contributed by atoms with E-state index in [1.54, 1.807) is 12.1 Å². The molecular weight excluding hydrogens is 472 g/mol. The Kier molecular flexibility index (Phi) is 5.44. The summed E-state index contributed by atoms with van der Waals surface area (Å²) in [7, 11) is -7.84. The van der Waals surface area contributed by atoms with Crippen molar-refractivity contribution in [2.24, 2.45) is 0 Å². The number of hydrogen-bond donors (Lipinski definition) is 0. The van der Waals surface area contributed by atoms with Crippen molar-refractivity contribution in [2.75, 3.05) is 19.1 Å². The molecule has 0 saturated carbocycles. The molecule has 2 aliphatic heterocycles. The number of Topliss-reactive ketones (excluding diaryl/α,β-unsaturated/α-hetero) is 1. The minimum atomic E-state index is -3.98. The van der Waals surface area contributed by atoms with E-state index >= 15 is 0 Å². The average molecular weight is 495 g/mol. The van der Waals surface area contributed by atoms with Gasteiger partial charge in [0.1, 0.15) is 35.2 Å². The van der Waals surface area contributed by atoms with Crippen LogP contribution in [0.15, 0.2) is 36.4 Å². The predicted octanol–water partition coefficient (Wildman–Crippen LogP) is 2.91. The van der Waals surface area contributed by atoms with Gasteiger partial charge in [-0.05, 0) is 44.2 Å². The van der Waals surface area contributed by atoms with E-state index in [0.29, 0.717) is 22.6 Å². The summed E-state index contributed by atoms with van der Waals surface area (Å²) in [6.07, 6.45) is 5.41. The number of fused-ring (bicyclic) bond motifs is 3. The molecule has 9 nitrogen and oxygen atoms in total. The van der Waals surface area contributed by atoms with Crippen molar-refractivity contribution in [3.63, 3.8) is 0 Å². The minimum Gasteiger partial charge on any atom is -0.491 e. The Balaban J connectivity index is 1.74. The van der Waals surface area contributed by atoms with Crippen LogP contribution in [-0.4, -0.2) is 47.3 Å². The topological polar surface area (TPSA) is 122 Å². The summed E-state index contributed by atoms with van der Waals surface area (Å²) in [6.45, 7) is 3.74. The van der Waals surface area contributed by atoms with Crippen LogP contribution < -0.4 is 17.8 Å². The third kappa shape index (κ3) is 4.98. The molecule has 176 valence electrons. The van der Waals surface area contributed by atoms with Crippen LogP contribution in [0.4, 0.5) is 0 Å². The average Bonchev–Trinajstić information content (AvgIpc) is 2.65. The van der Waals surface area contributed by atoms with E-state index in [1.165, 1.54) is 12.1 Å². The first-order valence-electron chi connectivity index (χ1n) is 9.87. The number of benzene rings is 2. The number of hydrogen-bond acceptors (Lipinski definition) is 9. The summed E-state index contributed by atoms with van der Waals surface area (Å²) in [5.41, 5.74) is 0.710. The molecule has 0 amide bonds. The first-order chi connectivity index (χ1) is 15.2.